The van der Waals surface area contributed by atoms with Crippen molar-refractivity contribution < 1.29 is 9.18 Å². The molecule has 0 bridgehead atoms. The topological polar surface area (TPSA) is 101 Å². The molecule has 0 aromatic heterocycles. The number of nitrogens with zero attached hydrogens (tertiary/aromatic N) is 3. The molecular weight excluding hydrogens is 387 g/mol. The number of likely N-dealkylation sites (N-methyl/N-ethyl adjacent to an activating group) is 1. The Morgan fingerprint density at radius 1 is 1.13 bits per heavy atom. The lowest BCUT2D eigenvalue weighted by atomic mass is 9.83. The van der Waals surface area contributed by atoms with Crippen LogP contribution in [0.4, 0.5) is 4.39 Å². The number of alkyl halides is 1. The normalized spacial score (nSPS) is 44.0. The second-order valence-corrected chi connectivity index (χ2v) is 9.89. The van der Waals surface area contributed by atoms with E-state index in [9.17, 15) is 9.18 Å². The molecule has 5 rings (SSSR count). The molecule has 7 atom stereocenters. The van der Waals surface area contributed by atoms with Crippen LogP contribution in [0.25, 0.3) is 0 Å². The summed E-state index contributed by atoms with van der Waals surface area (Å²) < 4.78 is 13.8. The maximum atomic E-state index is 13.8. The third-order valence-electron chi connectivity index (χ3n) is 7.73. The molecule has 4 aliphatic heterocycles. The summed E-state index contributed by atoms with van der Waals surface area (Å²) in [5.41, 5.74) is 9.35. The molecule has 1 saturated carbocycles. The number of rotatable bonds is 4. The first-order valence-corrected chi connectivity index (χ1v) is 11.6. The Labute approximate surface area is 178 Å². The summed E-state index contributed by atoms with van der Waals surface area (Å²) in [6, 6.07) is 0.437. The molecule has 5 fully saturated rings. The zero-order valence-electron chi connectivity index (χ0n) is 17.9. The molecule has 9 nitrogen and oxygen atoms in total. The van der Waals surface area contributed by atoms with Gasteiger partial charge >= 0.3 is 0 Å². The van der Waals surface area contributed by atoms with Crippen LogP contribution in [0, 0.1) is 17.8 Å². The molecule has 0 radical (unpaired) electrons. The predicted octanol–water partition coefficient (Wildman–Crippen LogP) is -2.29. The number of hydrogen-bond donors (Lipinski definition) is 5. The SMILES string of the molecule is CN1CCN(C2C(NC(=O)C3C(N)NN4CC(F)CNC34)CNCC2C2CC2)CC1. The summed E-state index contributed by atoms with van der Waals surface area (Å²) in [6.45, 7) is 6.60. The number of hydrazine groups is 1. The van der Waals surface area contributed by atoms with Crippen molar-refractivity contribution in [2.24, 2.45) is 23.5 Å². The highest BCUT2D eigenvalue weighted by Crippen LogP contribution is 2.41. The van der Waals surface area contributed by atoms with Gasteiger partial charge in [-0.2, -0.15) is 0 Å². The molecule has 170 valence electrons. The van der Waals surface area contributed by atoms with Crippen molar-refractivity contribution in [2.45, 2.75) is 43.4 Å². The minimum absolute atomic E-state index is 0.0327. The van der Waals surface area contributed by atoms with Crippen LogP contribution in [0.2, 0.25) is 0 Å². The number of nitrogens with two attached hydrogens (primary N) is 1. The highest BCUT2D eigenvalue weighted by molar-refractivity contribution is 5.81. The summed E-state index contributed by atoms with van der Waals surface area (Å²) in [5, 5.41) is 11.9. The number of nitrogens with one attached hydrogen (secondary N) is 4. The molecule has 5 aliphatic rings. The minimum Gasteiger partial charge on any atom is -0.350 e. The Balaban J connectivity index is 1.30. The lowest BCUT2D eigenvalue weighted by Crippen LogP contribution is -2.67. The van der Waals surface area contributed by atoms with E-state index in [1.807, 2.05) is 0 Å². The van der Waals surface area contributed by atoms with Crippen LogP contribution < -0.4 is 27.1 Å². The van der Waals surface area contributed by atoms with Gasteiger partial charge in [0.1, 0.15) is 6.17 Å². The van der Waals surface area contributed by atoms with E-state index in [-0.39, 0.29) is 31.2 Å². The highest BCUT2D eigenvalue weighted by Gasteiger charge is 2.49. The zero-order chi connectivity index (χ0) is 20.8. The third-order valence-corrected chi connectivity index (χ3v) is 7.73. The fraction of sp³-hybridized carbons (Fsp3) is 0.950. The Morgan fingerprint density at radius 2 is 1.90 bits per heavy atom. The van der Waals surface area contributed by atoms with Gasteiger partial charge < -0.3 is 21.3 Å². The Kier molecular flexibility index (Phi) is 6.00. The van der Waals surface area contributed by atoms with Crippen LogP contribution >= 0.6 is 0 Å². The van der Waals surface area contributed by atoms with Crippen LogP contribution in [0.5, 0.6) is 0 Å². The van der Waals surface area contributed by atoms with Crippen LogP contribution in [-0.4, -0.2) is 111 Å². The molecule has 1 aliphatic carbocycles. The molecule has 30 heavy (non-hydrogen) atoms. The second-order valence-electron chi connectivity index (χ2n) is 9.89. The predicted molar refractivity (Wildman–Crippen MR) is 112 cm³/mol. The van der Waals surface area contributed by atoms with E-state index in [0.29, 0.717) is 12.0 Å². The number of amides is 1. The molecule has 0 aromatic carbocycles. The first-order chi connectivity index (χ1) is 14.5. The number of piperazine rings is 1. The second kappa shape index (κ2) is 8.57. The van der Waals surface area contributed by atoms with Crippen molar-refractivity contribution in [1.82, 2.24) is 36.2 Å². The maximum Gasteiger partial charge on any atom is 0.229 e. The van der Waals surface area contributed by atoms with Gasteiger partial charge in [-0.25, -0.2) is 14.8 Å². The molecule has 0 aromatic rings. The van der Waals surface area contributed by atoms with Crippen LogP contribution in [0.15, 0.2) is 0 Å². The zero-order valence-corrected chi connectivity index (χ0v) is 17.9. The molecule has 0 spiro atoms. The van der Waals surface area contributed by atoms with E-state index >= 15 is 0 Å². The average molecular weight is 425 g/mol. The van der Waals surface area contributed by atoms with E-state index in [0.717, 1.165) is 45.2 Å². The van der Waals surface area contributed by atoms with E-state index in [1.165, 1.54) is 12.8 Å². The van der Waals surface area contributed by atoms with Gasteiger partial charge in [0.25, 0.3) is 0 Å². The molecular formula is C20H37FN8O. The summed E-state index contributed by atoms with van der Waals surface area (Å²) in [4.78, 5) is 18.4. The molecule has 7 unspecified atom stereocenters. The Morgan fingerprint density at radius 3 is 2.63 bits per heavy atom. The van der Waals surface area contributed by atoms with Gasteiger partial charge in [-0.05, 0) is 38.3 Å². The molecule has 6 N–H and O–H groups in total. The lowest BCUT2D eigenvalue weighted by Gasteiger charge is -2.48. The minimum atomic E-state index is -0.953. The molecule has 4 heterocycles. The molecule has 10 heteroatoms. The van der Waals surface area contributed by atoms with Gasteiger partial charge in [0.15, 0.2) is 0 Å². The van der Waals surface area contributed by atoms with Gasteiger partial charge in [-0.15, -0.1) is 0 Å². The van der Waals surface area contributed by atoms with Gasteiger partial charge in [0.05, 0.1) is 24.3 Å². The maximum absolute atomic E-state index is 13.8. The van der Waals surface area contributed by atoms with Gasteiger partial charge in [-0.3, -0.25) is 15.0 Å². The summed E-state index contributed by atoms with van der Waals surface area (Å²) in [7, 11) is 2.18. The first-order valence-electron chi connectivity index (χ1n) is 11.6. The number of hydrogen-bond acceptors (Lipinski definition) is 8. The molecule has 4 saturated heterocycles. The average Bonchev–Trinajstić information content (AvgIpc) is 3.51. The standard InChI is InChI=1S/C20H37FN8O/c1-27-4-6-28(7-5-27)17-14(12-2-3-12)9-23-10-15(17)25-20(30)16-18(22)26-29-11-13(21)8-24-19(16)29/h12-19,23-24,26H,2-11,22H2,1H3,(H,25,30). The summed E-state index contributed by atoms with van der Waals surface area (Å²) >= 11 is 0. The van der Waals surface area contributed by atoms with Crippen molar-refractivity contribution in [1.29, 1.82) is 0 Å². The van der Waals surface area contributed by atoms with E-state index < -0.39 is 18.3 Å². The Hall–Kier alpha value is -0.880. The van der Waals surface area contributed by atoms with Gasteiger partial charge in [0, 0.05) is 51.9 Å². The fourth-order valence-electron chi connectivity index (χ4n) is 5.95. The summed E-state index contributed by atoms with van der Waals surface area (Å²) in [6.07, 6.45) is 0.891. The number of fused-ring (bicyclic) bond motifs is 1. The highest BCUT2D eigenvalue weighted by atomic mass is 19.1. The van der Waals surface area contributed by atoms with E-state index in [4.69, 9.17) is 5.73 Å². The largest absolute Gasteiger partial charge is 0.350 e. The third kappa shape index (κ3) is 4.11. The number of piperidine rings is 1. The fourth-order valence-corrected chi connectivity index (χ4v) is 5.95. The van der Waals surface area contributed by atoms with Gasteiger partial charge in [0.2, 0.25) is 5.91 Å². The summed E-state index contributed by atoms with van der Waals surface area (Å²) in [5.74, 6) is 0.885. The van der Waals surface area contributed by atoms with Crippen molar-refractivity contribution in [3.05, 3.63) is 0 Å². The monoisotopic (exact) mass is 424 g/mol. The van der Waals surface area contributed by atoms with Crippen LogP contribution in [0.1, 0.15) is 12.8 Å². The quantitative estimate of drug-likeness (QED) is 0.344. The van der Waals surface area contributed by atoms with Gasteiger partial charge in [-0.1, -0.05) is 0 Å². The smallest absolute Gasteiger partial charge is 0.229 e. The first kappa shape index (κ1) is 21.0. The number of halogens is 1. The Bertz CT molecular complexity index is 628. The number of carbonyl (C=O) groups is 1. The van der Waals surface area contributed by atoms with Crippen molar-refractivity contribution in [2.75, 3.05) is 59.4 Å². The molecule has 1 amide bonds. The van der Waals surface area contributed by atoms with Crippen molar-refractivity contribution in [3.8, 4) is 0 Å². The van der Waals surface area contributed by atoms with Crippen molar-refractivity contribution >= 4 is 5.91 Å². The lowest BCUT2D eigenvalue weighted by molar-refractivity contribution is -0.128. The number of carbonyl (C=O) groups excluding carboxylic acids is 1. The van der Waals surface area contributed by atoms with Crippen molar-refractivity contribution in [3.63, 3.8) is 0 Å². The van der Waals surface area contributed by atoms with Crippen LogP contribution in [0.3, 0.4) is 0 Å². The van der Waals surface area contributed by atoms with Crippen LogP contribution in [-0.2, 0) is 4.79 Å². The van der Waals surface area contributed by atoms with E-state index in [2.05, 4.69) is 38.2 Å². The van der Waals surface area contributed by atoms with E-state index in [1.54, 1.807) is 5.01 Å².